The van der Waals surface area contributed by atoms with Crippen LogP contribution in [0.15, 0.2) is 53.0 Å². The van der Waals surface area contributed by atoms with Gasteiger partial charge in [-0.15, -0.1) is 0 Å². The van der Waals surface area contributed by atoms with Crippen molar-refractivity contribution >= 4 is 33.4 Å². The van der Waals surface area contributed by atoms with Crippen LogP contribution in [-0.4, -0.2) is 12.5 Å². The molecule has 0 aromatic heterocycles. The Labute approximate surface area is 137 Å². The van der Waals surface area contributed by atoms with E-state index in [0.29, 0.717) is 12.1 Å². The molecule has 1 aliphatic carbocycles. The van der Waals surface area contributed by atoms with Crippen molar-refractivity contribution in [2.75, 3.05) is 6.54 Å². The lowest BCUT2D eigenvalue weighted by Crippen LogP contribution is -2.32. The van der Waals surface area contributed by atoms with E-state index in [2.05, 4.69) is 33.4 Å². The van der Waals surface area contributed by atoms with Gasteiger partial charge in [-0.1, -0.05) is 35.9 Å². The van der Waals surface area contributed by atoms with Crippen LogP contribution in [0.25, 0.3) is 0 Å². The molecule has 0 heterocycles. The smallest absolute Gasteiger partial charge is 0.252 e. The zero-order chi connectivity index (χ0) is 14.9. The van der Waals surface area contributed by atoms with Crippen molar-refractivity contribution in [2.45, 2.75) is 18.3 Å². The maximum atomic E-state index is 12.3. The Kier molecular flexibility index (Phi) is 4.05. The van der Waals surface area contributed by atoms with Gasteiger partial charge in [0.05, 0.1) is 5.56 Å². The minimum atomic E-state index is -0.0392. The number of benzene rings is 2. The molecule has 1 saturated carbocycles. The van der Waals surface area contributed by atoms with Gasteiger partial charge in [0.1, 0.15) is 0 Å². The zero-order valence-corrected chi connectivity index (χ0v) is 13.7. The molecule has 0 atom stereocenters. The number of nitrogens with one attached hydrogen (secondary N) is 1. The van der Waals surface area contributed by atoms with Gasteiger partial charge in [-0.3, -0.25) is 4.79 Å². The molecule has 2 aromatic carbocycles. The largest absolute Gasteiger partial charge is 0.351 e. The first-order chi connectivity index (χ1) is 10.1. The molecule has 21 heavy (non-hydrogen) atoms. The van der Waals surface area contributed by atoms with Gasteiger partial charge in [0.25, 0.3) is 5.91 Å². The highest BCUT2D eigenvalue weighted by atomic mass is 79.9. The van der Waals surface area contributed by atoms with Gasteiger partial charge in [-0.05, 0) is 58.6 Å². The Morgan fingerprint density at radius 2 is 1.81 bits per heavy atom. The van der Waals surface area contributed by atoms with Crippen LogP contribution in [0.5, 0.6) is 0 Å². The molecule has 2 aromatic rings. The molecular formula is C17H15BrClNO. The molecule has 0 bridgehead atoms. The first-order valence-corrected chi connectivity index (χ1v) is 8.07. The fraction of sp³-hybridized carbons (Fsp3) is 0.235. The third-order valence-electron chi connectivity index (χ3n) is 4.02. The van der Waals surface area contributed by atoms with E-state index in [1.165, 1.54) is 5.56 Å². The van der Waals surface area contributed by atoms with E-state index in [0.717, 1.165) is 22.3 Å². The Morgan fingerprint density at radius 3 is 2.43 bits per heavy atom. The van der Waals surface area contributed by atoms with Crippen molar-refractivity contribution in [3.63, 3.8) is 0 Å². The molecule has 0 unspecified atom stereocenters. The van der Waals surface area contributed by atoms with Gasteiger partial charge in [-0.25, -0.2) is 0 Å². The summed E-state index contributed by atoms with van der Waals surface area (Å²) in [5.41, 5.74) is 2.00. The summed E-state index contributed by atoms with van der Waals surface area (Å²) < 4.78 is 0.818. The summed E-state index contributed by atoms with van der Waals surface area (Å²) in [6, 6.07) is 15.4. The van der Waals surface area contributed by atoms with Crippen molar-refractivity contribution in [3.8, 4) is 0 Å². The number of rotatable bonds is 4. The normalized spacial score (nSPS) is 15.5. The van der Waals surface area contributed by atoms with E-state index in [1.54, 1.807) is 0 Å². The van der Waals surface area contributed by atoms with E-state index in [4.69, 9.17) is 11.6 Å². The quantitative estimate of drug-likeness (QED) is 0.846. The number of hydrogen-bond acceptors (Lipinski definition) is 1. The minimum Gasteiger partial charge on any atom is -0.351 e. The number of amides is 1. The maximum Gasteiger partial charge on any atom is 0.252 e. The van der Waals surface area contributed by atoms with Gasteiger partial charge < -0.3 is 5.32 Å². The van der Waals surface area contributed by atoms with E-state index in [9.17, 15) is 4.79 Å². The molecule has 1 fully saturated rings. The summed E-state index contributed by atoms with van der Waals surface area (Å²) in [4.78, 5) is 12.3. The second kappa shape index (κ2) is 5.82. The summed E-state index contributed by atoms with van der Waals surface area (Å²) in [5, 5.41) is 3.80. The first-order valence-electron chi connectivity index (χ1n) is 6.90. The molecule has 108 valence electrons. The van der Waals surface area contributed by atoms with Gasteiger partial charge in [-0.2, -0.15) is 0 Å². The van der Waals surface area contributed by atoms with Crippen LogP contribution in [0.2, 0.25) is 5.02 Å². The van der Waals surface area contributed by atoms with E-state index < -0.39 is 0 Å². The third kappa shape index (κ3) is 3.14. The van der Waals surface area contributed by atoms with E-state index in [1.807, 2.05) is 36.4 Å². The fourth-order valence-corrected chi connectivity index (χ4v) is 3.10. The van der Waals surface area contributed by atoms with Gasteiger partial charge in [0, 0.05) is 21.5 Å². The van der Waals surface area contributed by atoms with E-state index in [-0.39, 0.29) is 11.3 Å². The van der Waals surface area contributed by atoms with Crippen LogP contribution in [0, 0.1) is 0 Å². The van der Waals surface area contributed by atoms with Crippen LogP contribution in [0.1, 0.15) is 28.8 Å². The van der Waals surface area contributed by atoms with Crippen molar-refractivity contribution in [2.24, 2.45) is 0 Å². The maximum absolute atomic E-state index is 12.3. The Hall–Kier alpha value is -1.32. The standard InChI is InChI=1S/C17H15BrClNO/c18-15-4-2-1-3-14(15)16(21)20-11-17(9-10-17)12-5-7-13(19)8-6-12/h1-8H,9-11H2,(H,20,21). The second-order valence-corrected chi connectivity index (χ2v) is 6.74. The lowest BCUT2D eigenvalue weighted by molar-refractivity contribution is 0.0949. The minimum absolute atomic E-state index is 0.0392. The summed E-state index contributed by atoms with van der Waals surface area (Å²) in [5.74, 6) is -0.0392. The van der Waals surface area contributed by atoms with Crippen molar-refractivity contribution < 1.29 is 4.79 Å². The monoisotopic (exact) mass is 363 g/mol. The molecule has 1 N–H and O–H groups in total. The molecule has 4 heteroatoms. The van der Waals surface area contributed by atoms with Gasteiger partial charge in [0.2, 0.25) is 0 Å². The summed E-state index contributed by atoms with van der Waals surface area (Å²) in [6.45, 7) is 0.662. The van der Waals surface area contributed by atoms with Crippen molar-refractivity contribution in [3.05, 3.63) is 69.2 Å². The fourth-order valence-electron chi connectivity index (χ4n) is 2.51. The number of carbonyl (C=O) groups excluding carboxylic acids is 1. The number of halogens is 2. The average Bonchev–Trinajstić information content (AvgIpc) is 3.27. The predicted octanol–water partition coefficient (Wildman–Crippen LogP) is 4.56. The van der Waals surface area contributed by atoms with Crippen LogP contribution < -0.4 is 5.32 Å². The van der Waals surface area contributed by atoms with Gasteiger partial charge >= 0.3 is 0 Å². The molecular weight excluding hydrogens is 350 g/mol. The Morgan fingerprint density at radius 1 is 1.14 bits per heavy atom. The Bertz CT molecular complexity index is 665. The highest BCUT2D eigenvalue weighted by molar-refractivity contribution is 9.10. The highest BCUT2D eigenvalue weighted by Crippen LogP contribution is 2.47. The zero-order valence-electron chi connectivity index (χ0n) is 11.4. The van der Waals surface area contributed by atoms with Gasteiger partial charge in [0.15, 0.2) is 0 Å². The summed E-state index contributed by atoms with van der Waals surface area (Å²) >= 11 is 9.34. The lowest BCUT2D eigenvalue weighted by Gasteiger charge is -2.17. The molecule has 0 radical (unpaired) electrons. The summed E-state index contributed by atoms with van der Waals surface area (Å²) in [7, 11) is 0. The summed E-state index contributed by atoms with van der Waals surface area (Å²) in [6.07, 6.45) is 2.20. The van der Waals surface area contributed by atoms with Crippen LogP contribution in [0.3, 0.4) is 0 Å². The molecule has 1 amide bonds. The highest BCUT2D eigenvalue weighted by Gasteiger charge is 2.44. The lowest BCUT2D eigenvalue weighted by atomic mass is 9.96. The van der Waals surface area contributed by atoms with Crippen LogP contribution in [-0.2, 0) is 5.41 Å². The molecule has 0 saturated heterocycles. The Balaban J connectivity index is 1.69. The molecule has 1 aliphatic rings. The van der Waals surface area contributed by atoms with Crippen molar-refractivity contribution in [1.29, 1.82) is 0 Å². The van der Waals surface area contributed by atoms with Crippen molar-refractivity contribution in [1.82, 2.24) is 5.32 Å². The van der Waals surface area contributed by atoms with Crippen LogP contribution >= 0.6 is 27.5 Å². The average molecular weight is 365 g/mol. The molecule has 0 spiro atoms. The third-order valence-corrected chi connectivity index (χ3v) is 4.96. The SMILES string of the molecule is O=C(NCC1(c2ccc(Cl)cc2)CC1)c1ccccc1Br. The molecule has 0 aliphatic heterocycles. The second-order valence-electron chi connectivity index (χ2n) is 5.45. The number of hydrogen-bond donors (Lipinski definition) is 1. The van der Waals surface area contributed by atoms with E-state index >= 15 is 0 Å². The molecule has 2 nitrogen and oxygen atoms in total. The predicted molar refractivity (Wildman–Crippen MR) is 88.8 cm³/mol. The number of carbonyl (C=O) groups is 1. The topological polar surface area (TPSA) is 29.1 Å². The molecule has 3 rings (SSSR count). The first kappa shape index (κ1) is 14.6. The van der Waals surface area contributed by atoms with Crippen LogP contribution in [0.4, 0.5) is 0 Å².